The lowest BCUT2D eigenvalue weighted by molar-refractivity contribution is 0.00602. The topological polar surface area (TPSA) is 9.23 Å². The lowest BCUT2D eigenvalue weighted by atomic mass is 9.70. The first-order valence-electron chi connectivity index (χ1n) is 9.33. The van der Waals surface area contributed by atoms with Gasteiger partial charge in [-0.2, -0.15) is 8.78 Å². The molecule has 0 heterocycles. The van der Waals surface area contributed by atoms with Crippen molar-refractivity contribution in [2.45, 2.75) is 83.7 Å². The zero-order chi connectivity index (χ0) is 15.8. The van der Waals surface area contributed by atoms with Crippen molar-refractivity contribution in [3.8, 4) is 0 Å². The molecule has 2 aliphatic carbocycles. The molecule has 0 spiro atoms. The fourth-order valence-corrected chi connectivity index (χ4v) is 4.29. The molecule has 0 aliphatic heterocycles. The highest BCUT2D eigenvalue weighted by Gasteiger charge is 2.30. The SMILES string of the molecule is CCCCCOC1CCC(C2CCC(C=C(F)F)CC2)CC1. The van der Waals surface area contributed by atoms with E-state index >= 15 is 0 Å². The number of ether oxygens (including phenoxy) is 1. The Morgan fingerprint density at radius 1 is 0.909 bits per heavy atom. The van der Waals surface area contributed by atoms with E-state index < -0.39 is 6.08 Å². The molecule has 1 nitrogen and oxygen atoms in total. The van der Waals surface area contributed by atoms with Crippen molar-refractivity contribution >= 4 is 0 Å². The summed E-state index contributed by atoms with van der Waals surface area (Å²) in [5, 5.41) is 0. The van der Waals surface area contributed by atoms with Crippen LogP contribution in [0.15, 0.2) is 12.2 Å². The summed E-state index contributed by atoms with van der Waals surface area (Å²) < 4.78 is 30.6. The molecule has 0 radical (unpaired) electrons. The van der Waals surface area contributed by atoms with Crippen LogP contribution in [0.25, 0.3) is 0 Å². The molecular weight excluding hydrogens is 282 g/mol. The van der Waals surface area contributed by atoms with E-state index in [1.165, 1.54) is 51.0 Å². The van der Waals surface area contributed by atoms with Gasteiger partial charge in [0, 0.05) is 6.61 Å². The number of halogens is 2. The van der Waals surface area contributed by atoms with E-state index in [1.54, 1.807) is 0 Å². The van der Waals surface area contributed by atoms with Gasteiger partial charge in [-0.05, 0) is 81.6 Å². The third-order valence-corrected chi connectivity index (χ3v) is 5.67. The summed E-state index contributed by atoms with van der Waals surface area (Å²) >= 11 is 0. The van der Waals surface area contributed by atoms with Gasteiger partial charge in [0.25, 0.3) is 6.08 Å². The molecule has 3 heteroatoms. The van der Waals surface area contributed by atoms with Crippen LogP contribution in [-0.4, -0.2) is 12.7 Å². The van der Waals surface area contributed by atoms with Crippen molar-refractivity contribution in [3.05, 3.63) is 12.2 Å². The number of unbranched alkanes of at least 4 members (excludes halogenated alkanes) is 2. The molecule has 2 saturated carbocycles. The van der Waals surface area contributed by atoms with Gasteiger partial charge in [-0.1, -0.05) is 19.8 Å². The van der Waals surface area contributed by atoms with Crippen LogP contribution in [0.3, 0.4) is 0 Å². The highest BCUT2D eigenvalue weighted by molar-refractivity contribution is 4.92. The van der Waals surface area contributed by atoms with Crippen LogP contribution in [0.1, 0.15) is 77.6 Å². The minimum Gasteiger partial charge on any atom is -0.378 e. The highest BCUT2D eigenvalue weighted by atomic mass is 19.3. The maximum Gasteiger partial charge on any atom is 0.266 e. The van der Waals surface area contributed by atoms with E-state index in [1.807, 2.05) is 0 Å². The summed E-state index contributed by atoms with van der Waals surface area (Å²) in [7, 11) is 0. The van der Waals surface area contributed by atoms with E-state index in [4.69, 9.17) is 4.74 Å². The second-order valence-corrected chi connectivity index (χ2v) is 7.25. The van der Waals surface area contributed by atoms with Gasteiger partial charge >= 0.3 is 0 Å². The van der Waals surface area contributed by atoms with Gasteiger partial charge in [-0.15, -0.1) is 0 Å². The van der Waals surface area contributed by atoms with E-state index in [0.29, 0.717) is 6.10 Å². The molecule has 22 heavy (non-hydrogen) atoms. The molecule has 0 N–H and O–H groups in total. The molecular formula is C19H32F2O. The summed E-state index contributed by atoms with van der Waals surface area (Å²) in [5.74, 6) is 1.71. The Morgan fingerprint density at radius 3 is 2.05 bits per heavy atom. The zero-order valence-corrected chi connectivity index (χ0v) is 14.0. The molecule has 2 fully saturated rings. The first-order chi connectivity index (χ1) is 10.7. The molecule has 0 aromatic rings. The van der Waals surface area contributed by atoms with E-state index in [9.17, 15) is 8.78 Å². The summed E-state index contributed by atoms with van der Waals surface area (Å²) in [5.41, 5.74) is 0. The van der Waals surface area contributed by atoms with Crippen LogP contribution >= 0.6 is 0 Å². The molecule has 0 aromatic carbocycles. The molecule has 0 bridgehead atoms. The van der Waals surface area contributed by atoms with Crippen LogP contribution in [0.5, 0.6) is 0 Å². The molecule has 128 valence electrons. The standard InChI is InChI=1S/C19H32F2O/c1-2-3-4-13-22-18-11-9-17(10-12-18)16-7-5-15(6-8-16)14-19(20)21/h14-18H,2-13H2,1H3. The van der Waals surface area contributed by atoms with Crippen LogP contribution in [0.4, 0.5) is 8.78 Å². The van der Waals surface area contributed by atoms with Crippen molar-refractivity contribution in [1.82, 2.24) is 0 Å². The van der Waals surface area contributed by atoms with Crippen LogP contribution in [0, 0.1) is 17.8 Å². The largest absolute Gasteiger partial charge is 0.378 e. The Labute approximate surface area is 134 Å². The van der Waals surface area contributed by atoms with E-state index in [0.717, 1.165) is 44.1 Å². The normalized spacial score (nSPS) is 32.7. The summed E-state index contributed by atoms with van der Waals surface area (Å²) in [6.07, 6.45) is 13.0. The second-order valence-electron chi connectivity index (χ2n) is 7.25. The quantitative estimate of drug-likeness (QED) is 0.498. The number of rotatable bonds is 7. The van der Waals surface area contributed by atoms with Crippen molar-refractivity contribution < 1.29 is 13.5 Å². The molecule has 0 atom stereocenters. The summed E-state index contributed by atoms with van der Waals surface area (Å²) in [4.78, 5) is 0. The van der Waals surface area contributed by atoms with Crippen LogP contribution in [0.2, 0.25) is 0 Å². The Bertz CT molecular complexity index is 322. The maximum atomic E-state index is 12.3. The molecule has 2 rings (SSSR count). The number of hydrogen-bond acceptors (Lipinski definition) is 1. The van der Waals surface area contributed by atoms with E-state index in [2.05, 4.69) is 6.92 Å². The van der Waals surface area contributed by atoms with Crippen molar-refractivity contribution in [3.63, 3.8) is 0 Å². The molecule has 0 amide bonds. The fourth-order valence-electron chi connectivity index (χ4n) is 4.29. The molecule has 0 aromatic heterocycles. The van der Waals surface area contributed by atoms with Gasteiger partial charge in [-0.25, -0.2) is 0 Å². The van der Waals surface area contributed by atoms with Crippen molar-refractivity contribution in [2.75, 3.05) is 6.61 Å². The highest BCUT2D eigenvalue weighted by Crippen LogP contribution is 2.41. The van der Waals surface area contributed by atoms with Crippen molar-refractivity contribution in [1.29, 1.82) is 0 Å². The molecule has 0 saturated heterocycles. The predicted molar refractivity (Wildman–Crippen MR) is 87.0 cm³/mol. The summed E-state index contributed by atoms with van der Waals surface area (Å²) in [6.45, 7) is 3.15. The third-order valence-electron chi connectivity index (χ3n) is 5.67. The smallest absolute Gasteiger partial charge is 0.266 e. The number of allylic oxidation sites excluding steroid dienone is 1. The van der Waals surface area contributed by atoms with Crippen molar-refractivity contribution in [2.24, 2.45) is 17.8 Å². The average molecular weight is 314 g/mol. The van der Waals surface area contributed by atoms with Crippen LogP contribution in [-0.2, 0) is 4.74 Å². The van der Waals surface area contributed by atoms with Gasteiger partial charge < -0.3 is 4.74 Å². The van der Waals surface area contributed by atoms with Gasteiger partial charge in [0.05, 0.1) is 6.10 Å². The van der Waals surface area contributed by atoms with Crippen LogP contribution < -0.4 is 0 Å². The Morgan fingerprint density at radius 2 is 1.50 bits per heavy atom. The first kappa shape index (κ1) is 17.9. The van der Waals surface area contributed by atoms with Gasteiger partial charge in [0.15, 0.2) is 0 Å². The fraction of sp³-hybridized carbons (Fsp3) is 0.895. The zero-order valence-electron chi connectivity index (χ0n) is 14.0. The van der Waals surface area contributed by atoms with Gasteiger partial charge in [-0.3, -0.25) is 0 Å². The Kier molecular flexibility index (Phi) is 7.85. The predicted octanol–water partition coefficient (Wildman–Crippen LogP) is 6.34. The Balaban J connectivity index is 1.62. The lowest BCUT2D eigenvalue weighted by Gasteiger charge is -2.37. The average Bonchev–Trinajstić information content (AvgIpc) is 2.52. The lowest BCUT2D eigenvalue weighted by Crippen LogP contribution is -2.28. The molecule has 2 aliphatic rings. The first-order valence-corrected chi connectivity index (χ1v) is 9.33. The third kappa shape index (κ3) is 5.98. The van der Waals surface area contributed by atoms with E-state index in [-0.39, 0.29) is 5.92 Å². The number of hydrogen-bond donors (Lipinski definition) is 0. The van der Waals surface area contributed by atoms with Gasteiger partial charge in [0.2, 0.25) is 0 Å². The minimum absolute atomic E-state index is 0.125. The molecule has 0 unspecified atom stereocenters. The summed E-state index contributed by atoms with van der Waals surface area (Å²) in [6, 6.07) is 0. The second kappa shape index (κ2) is 9.64. The van der Waals surface area contributed by atoms with Gasteiger partial charge in [0.1, 0.15) is 0 Å². The Hall–Kier alpha value is -0.440. The maximum absolute atomic E-state index is 12.3. The minimum atomic E-state index is -1.50. The monoisotopic (exact) mass is 314 g/mol.